The summed E-state index contributed by atoms with van der Waals surface area (Å²) in [5.74, 6) is 1.46. The first-order valence-corrected chi connectivity index (χ1v) is 7.14. The van der Waals surface area contributed by atoms with E-state index >= 15 is 0 Å². The van der Waals surface area contributed by atoms with E-state index in [-0.39, 0.29) is 6.04 Å². The van der Waals surface area contributed by atoms with Crippen LogP contribution in [0, 0.1) is 6.92 Å². The van der Waals surface area contributed by atoms with Crippen molar-refractivity contribution in [1.29, 1.82) is 0 Å². The van der Waals surface area contributed by atoms with Crippen molar-refractivity contribution in [3.05, 3.63) is 59.4 Å². The maximum Gasteiger partial charge on any atom is 0.0391 e. The van der Waals surface area contributed by atoms with Gasteiger partial charge in [0, 0.05) is 35.0 Å². The van der Waals surface area contributed by atoms with E-state index in [0.29, 0.717) is 5.92 Å². The molecule has 18 heavy (non-hydrogen) atoms. The van der Waals surface area contributed by atoms with Gasteiger partial charge in [-0.15, -0.1) is 11.8 Å². The van der Waals surface area contributed by atoms with Crippen molar-refractivity contribution in [3.8, 4) is 0 Å². The van der Waals surface area contributed by atoms with E-state index in [1.54, 1.807) is 0 Å². The van der Waals surface area contributed by atoms with Crippen molar-refractivity contribution in [3.63, 3.8) is 0 Å². The molecular formula is C15H16N2S. The fourth-order valence-corrected chi connectivity index (χ4v) is 3.83. The van der Waals surface area contributed by atoms with Crippen LogP contribution in [0.5, 0.6) is 0 Å². The second-order valence-electron chi connectivity index (χ2n) is 4.71. The molecule has 2 atom stereocenters. The third kappa shape index (κ3) is 1.93. The molecule has 0 radical (unpaired) electrons. The molecule has 0 saturated heterocycles. The third-order valence-electron chi connectivity index (χ3n) is 3.61. The van der Waals surface area contributed by atoms with Crippen LogP contribution in [-0.4, -0.2) is 10.7 Å². The predicted molar refractivity (Wildman–Crippen MR) is 75.8 cm³/mol. The molecule has 0 bridgehead atoms. The van der Waals surface area contributed by atoms with Crippen LogP contribution in [0.1, 0.15) is 28.7 Å². The summed E-state index contributed by atoms with van der Waals surface area (Å²) >= 11 is 1.90. The standard InChI is InChI=1S/C15H16N2S/c1-10-6-7-17-8-12(10)15(16)13-9-18-14-5-3-2-4-11(13)14/h2-8,13,15H,9,16H2,1H3. The molecule has 0 saturated carbocycles. The molecule has 2 N–H and O–H groups in total. The molecule has 1 aromatic carbocycles. The van der Waals surface area contributed by atoms with Crippen LogP contribution in [0.3, 0.4) is 0 Å². The lowest BCUT2D eigenvalue weighted by atomic mass is 9.88. The lowest BCUT2D eigenvalue weighted by Gasteiger charge is -2.21. The minimum atomic E-state index is 0.0369. The van der Waals surface area contributed by atoms with Gasteiger partial charge >= 0.3 is 0 Å². The monoisotopic (exact) mass is 256 g/mol. The maximum atomic E-state index is 6.46. The minimum absolute atomic E-state index is 0.0369. The van der Waals surface area contributed by atoms with Gasteiger partial charge in [0.2, 0.25) is 0 Å². The Morgan fingerprint density at radius 1 is 1.33 bits per heavy atom. The minimum Gasteiger partial charge on any atom is -0.323 e. The first-order chi connectivity index (χ1) is 8.77. The molecule has 1 aliphatic rings. The summed E-state index contributed by atoms with van der Waals surface area (Å²) in [5.41, 5.74) is 10.2. The average Bonchev–Trinajstić information content (AvgIpc) is 2.82. The molecule has 2 heterocycles. The van der Waals surface area contributed by atoms with Crippen LogP contribution in [0.15, 0.2) is 47.6 Å². The highest BCUT2D eigenvalue weighted by molar-refractivity contribution is 7.99. The van der Waals surface area contributed by atoms with Crippen molar-refractivity contribution in [2.24, 2.45) is 5.73 Å². The molecule has 2 nitrogen and oxygen atoms in total. The largest absolute Gasteiger partial charge is 0.323 e. The lowest BCUT2D eigenvalue weighted by molar-refractivity contribution is 0.602. The first-order valence-electron chi connectivity index (χ1n) is 6.15. The molecule has 3 heteroatoms. The van der Waals surface area contributed by atoms with Crippen molar-refractivity contribution in [2.75, 3.05) is 5.75 Å². The number of pyridine rings is 1. The Labute approximate surface area is 112 Å². The Hall–Kier alpha value is -1.32. The predicted octanol–water partition coefficient (Wildman–Crippen LogP) is 3.28. The molecular weight excluding hydrogens is 240 g/mol. The van der Waals surface area contributed by atoms with Crippen molar-refractivity contribution in [1.82, 2.24) is 4.98 Å². The molecule has 0 spiro atoms. The average molecular weight is 256 g/mol. The maximum absolute atomic E-state index is 6.46. The highest BCUT2D eigenvalue weighted by Crippen LogP contribution is 2.44. The fraction of sp³-hybridized carbons (Fsp3) is 0.267. The normalized spacial score (nSPS) is 19.6. The molecule has 1 aromatic heterocycles. The second kappa shape index (κ2) is 4.75. The number of nitrogens with two attached hydrogens (primary N) is 1. The molecule has 0 amide bonds. The number of aryl methyl sites for hydroxylation is 1. The van der Waals surface area contributed by atoms with Crippen LogP contribution in [0.25, 0.3) is 0 Å². The van der Waals surface area contributed by atoms with E-state index in [9.17, 15) is 0 Å². The smallest absolute Gasteiger partial charge is 0.0391 e. The first kappa shape index (κ1) is 11.8. The van der Waals surface area contributed by atoms with E-state index in [1.807, 2.05) is 30.2 Å². The van der Waals surface area contributed by atoms with Crippen molar-refractivity contribution in [2.45, 2.75) is 23.8 Å². The molecule has 3 rings (SSSR count). The van der Waals surface area contributed by atoms with Crippen molar-refractivity contribution < 1.29 is 0 Å². The zero-order valence-corrected chi connectivity index (χ0v) is 11.2. The van der Waals surface area contributed by atoms with Crippen molar-refractivity contribution >= 4 is 11.8 Å². The van der Waals surface area contributed by atoms with Gasteiger partial charge in [-0.05, 0) is 35.7 Å². The number of thioether (sulfide) groups is 1. The van der Waals surface area contributed by atoms with Gasteiger partial charge in [0.05, 0.1) is 0 Å². The molecule has 2 unspecified atom stereocenters. The zero-order valence-electron chi connectivity index (χ0n) is 10.3. The Bertz CT molecular complexity index is 568. The van der Waals surface area contributed by atoms with Crippen LogP contribution in [0.2, 0.25) is 0 Å². The number of nitrogens with zero attached hydrogens (tertiary/aromatic N) is 1. The van der Waals surface area contributed by atoms with Gasteiger partial charge in [0.15, 0.2) is 0 Å². The zero-order chi connectivity index (χ0) is 12.5. The van der Waals surface area contributed by atoms with Gasteiger partial charge in [-0.2, -0.15) is 0 Å². The van der Waals surface area contributed by atoms with Gasteiger partial charge in [-0.1, -0.05) is 18.2 Å². The highest BCUT2D eigenvalue weighted by Gasteiger charge is 2.29. The van der Waals surface area contributed by atoms with E-state index < -0.39 is 0 Å². The van der Waals surface area contributed by atoms with Crippen LogP contribution in [0.4, 0.5) is 0 Å². The Kier molecular flexibility index (Phi) is 3.10. The summed E-state index contributed by atoms with van der Waals surface area (Å²) in [7, 11) is 0. The van der Waals surface area contributed by atoms with E-state index in [4.69, 9.17) is 5.73 Å². The number of hydrogen-bond donors (Lipinski definition) is 1. The van der Waals surface area contributed by atoms with Crippen LogP contribution < -0.4 is 5.73 Å². The SMILES string of the molecule is Cc1ccncc1C(N)C1CSc2ccccc21. The highest BCUT2D eigenvalue weighted by atomic mass is 32.2. The van der Waals surface area contributed by atoms with Gasteiger partial charge < -0.3 is 5.73 Å². The summed E-state index contributed by atoms with van der Waals surface area (Å²) in [4.78, 5) is 5.58. The number of aromatic nitrogens is 1. The summed E-state index contributed by atoms with van der Waals surface area (Å²) < 4.78 is 0. The number of hydrogen-bond acceptors (Lipinski definition) is 3. The molecule has 0 fully saturated rings. The number of rotatable bonds is 2. The lowest BCUT2D eigenvalue weighted by Crippen LogP contribution is -2.21. The van der Waals surface area contributed by atoms with Crippen LogP contribution >= 0.6 is 11.8 Å². The van der Waals surface area contributed by atoms with E-state index in [2.05, 4.69) is 36.2 Å². The van der Waals surface area contributed by atoms with E-state index in [1.165, 1.54) is 21.6 Å². The molecule has 0 aliphatic carbocycles. The quantitative estimate of drug-likeness (QED) is 0.896. The van der Waals surface area contributed by atoms with Gasteiger partial charge in [0.1, 0.15) is 0 Å². The third-order valence-corrected chi connectivity index (χ3v) is 4.82. The topological polar surface area (TPSA) is 38.9 Å². The summed E-state index contributed by atoms with van der Waals surface area (Å²) in [6, 6.07) is 10.6. The summed E-state index contributed by atoms with van der Waals surface area (Å²) in [5, 5.41) is 0. The Balaban J connectivity index is 1.96. The molecule has 1 aliphatic heterocycles. The Morgan fingerprint density at radius 3 is 3.00 bits per heavy atom. The second-order valence-corrected chi connectivity index (χ2v) is 5.78. The van der Waals surface area contributed by atoms with Gasteiger partial charge in [-0.3, -0.25) is 4.98 Å². The van der Waals surface area contributed by atoms with E-state index in [0.717, 1.165) is 5.75 Å². The fourth-order valence-electron chi connectivity index (χ4n) is 2.53. The van der Waals surface area contributed by atoms with Gasteiger partial charge in [0.25, 0.3) is 0 Å². The Morgan fingerprint density at radius 2 is 2.17 bits per heavy atom. The number of benzene rings is 1. The van der Waals surface area contributed by atoms with Crippen LogP contribution in [-0.2, 0) is 0 Å². The summed E-state index contributed by atoms with van der Waals surface area (Å²) in [6.07, 6.45) is 3.73. The molecule has 2 aromatic rings. The summed E-state index contributed by atoms with van der Waals surface area (Å²) in [6.45, 7) is 2.10. The molecule has 92 valence electrons. The number of fused-ring (bicyclic) bond motifs is 1. The van der Waals surface area contributed by atoms with Gasteiger partial charge in [-0.25, -0.2) is 0 Å².